The number of hydrogen-bond donors (Lipinski definition) is 2. The molecule has 1 saturated carbocycles. The van der Waals surface area contributed by atoms with Crippen molar-refractivity contribution in [2.45, 2.75) is 75.7 Å². The first-order valence-electron chi connectivity index (χ1n) is 22.0. The lowest BCUT2D eigenvalue weighted by Crippen LogP contribution is -2.62. The average molecular weight is 869 g/mol. The number of ether oxygens (including phenoxy) is 1. The van der Waals surface area contributed by atoms with Crippen LogP contribution in [0.25, 0.3) is 22.3 Å². The van der Waals surface area contributed by atoms with Crippen LogP contribution in [0.1, 0.15) is 87.6 Å². The summed E-state index contributed by atoms with van der Waals surface area (Å²) in [6, 6.07) is 17.1. The number of imide groups is 1. The maximum absolute atomic E-state index is 13.9. The van der Waals surface area contributed by atoms with Gasteiger partial charge in [0, 0.05) is 75.6 Å². The Morgan fingerprint density at radius 2 is 1.53 bits per heavy atom. The number of nitrogens with two attached hydrogens (primary N) is 1. The Morgan fingerprint density at radius 1 is 0.828 bits per heavy atom. The minimum Gasteiger partial charge on any atom is -0.496 e. The van der Waals surface area contributed by atoms with Crippen LogP contribution in [0.3, 0.4) is 0 Å². The van der Waals surface area contributed by atoms with Gasteiger partial charge in [0.05, 0.1) is 47.7 Å². The molecule has 2 aromatic heterocycles. The first-order chi connectivity index (χ1) is 31.0. The van der Waals surface area contributed by atoms with Crippen molar-refractivity contribution in [2.24, 2.45) is 0 Å². The predicted molar refractivity (Wildman–Crippen MR) is 234 cm³/mol. The number of nitrogen functional groups attached to an aromatic ring is 1. The fraction of sp³-hybridized carbons (Fsp3) is 0.404. The van der Waals surface area contributed by atoms with Gasteiger partial charge in [0.1, 0.15) is 35.2 Å². The van der Waals surface area contributed by atoms with Crippen LogP contribution in [0.15, 0.2) is 67.0 Å². The van der Waals surface area contributed by atoms with Gasteiger partial charge in [0.25, 0.3) is 17.7 Å². The van der Waals surface area contributed by atoms with E-state index in [1.807, 2.05) is 35.0 Å². The van der Waals surface area contributed by atoms with Crippen LogP contribution in [-0.2, 0) is 16.1 Å². The molecule has 1 unspecified atom stereocenters. The van der Waals surface area contributed by atoms with Crippen molar-refractivity contribution in [3.8, 4) is 17.0 Å². The van der Waals surface area contributed by atoms with Crippen LogP contribution in [0.2, 0.25) is 0 Å². The molecule has 5 aliphatic rings. The molecule has 0 spiro atoms. The van der Waals surface area contributed by atoms with Crippen molar-refractivity contribution in [3.05, 3.63) is 95.1 Å². The maximum atomic E-state index is 13.9. The largest absolute Gasteiger partial charge is 0.496 e. The Labute approximate surface area is 368 Å². The third-order valence-electron chi connectivity index (χ3n) is 13.9. The number of amides is 3. The Balaban J connectivity index is 0.721. The molecule has 330 valence electrons. The van der Waals surface area contributed by atoms with Gasteiger partial charge in [-0.3, -0.25) is 33.8 Å². The quantitative estimate of drug-likeness (QED) is 0.148. The molecule has 10 rings (SSSR count). The lowest BCUT2D eigenvalue weighted by molar-refractivity contribution is -0.132. The van der Waals surface area contributed by atoms with E-state index >= 15 is 0 Å². The van der Waals surface area contributed by atoms with E-state index in [2.05, 4.69) is 30.0 Å². The molecule has 17 heteroatoms. The number of carbonyl (C=O) groups is 5. The number of piperidine rings is 2. The molecule has 5 aromatic rings. The molecule has 16 nitrogen and oxygen atoms in total. The van der Waals surface area contributed by atoms with Crippen molar-refractivity contribution in [3.63, 3.8) is 0 Å². The topological polar surface area (TPSA) is 189 Å². The minimum atomic E-state index is -0.869. The summed E-state index contributed by atoms with van der Waals surface area (Å²) in [6.45, 7) is 5.86. The van der Waals surface area contributed by atoms with Crippen LogP contribution >= 0.6 is 0 Å². The number of carbonyl (C=O) groups excluding carboxylic acids is 5. The van der Waals surface area contributed by atoms with Gasteiger partial charge < -0.3 is 25.6 Å². The number of aromatic nitrogens is 4. The number of fused-ring (bicyclic) bond motifs is 2. The molecule has 0 bridgehead atoms. The van der Waals surface area contributed by atoms with Gasteiger partial charge in [0.15, 0.2) is 11.4 Å². The van der Waals surface area contributed by atoms with Gasteiger partial charge in [0.2, 0.25) is 0 Å². The monoisotopic (exact) mass is 868 g/mol. The van der Waals surface area contributed by atoms with Gasteiger partial charge >= 0.3 is 0 Å². The first kappa shape index (κ1) is 41.4. The molecule has 3 amide bonds. The van der Waals surface area contributed by atoms with Crippen LogP contribution in [0, 0.1) is 5.82 Å². The molecule has 1 aliphatic carbocycles. The molecule has 3 aromatic carbocycles. The molecular weight excluding hydrogens is 820 g/mol. The highest BCUT2D eigenvalue weighted by Crippen LogP contribution is 2.37. The third-order valence-corrected chi connectivity index (χ3v) is 13.9. The van der Waals surface area contributed by atoms with Crippen molar-refractivity contribution in [1.82, 2.24) is 39.8 Å². The van der Waals surface area contributed by atoms with Crippen LogP contribution in [0.4, 0.5) is 15.9 Å². The molecule has 0 radical (unpaired) electrons. The summed E-state index contributed by atoms with van der Waals surface area (Å²) in [5.41, 5.74) is 11.3. The zero-order chi connectivity index (χ0) is 44.2. The van der Waals surface area contributed by atoms with Crippen LogP contribution in [0.5, 0.6) is 5.75 Å². The third kappa shape index (κ3) is 7.55. The van der Waals surface area contributed by atoms with E-state index in [0.717, 1.165) is 92.7 Å². The zero-order valence-corrected chi connectivity index (χ0v) is 35.5. The lowest BCUT2D eigenvalue weighted by Gasteiger charge is -2.50. The number of likely N-dealkylation sites (tertiary alicyclic amines) is 2. The van der Waals surface area contributed by atoms with E-state index in [0.29, 0.717) is 51.5 Å². The second kappa shape index (κ2) is 16.8. The van der Waals surface area contributed by atoms with E-state index < -0.39 is 29.6 Å². The zero-order valence-electron chi connectivity index (χ0n) is 35.5. The molecule has 3 N–H and O–H groups in total. The van der Waals surface area contributed by atoms with E-state index in [1.54, 1.807) is 12.1 Å². The number of Topliss-reactive ketones (excluding diaryl/α,β-unsaturated/α-hetero) is 2. The highest BCUT2D eigenvalue weighted by atomic mass is 19.1. The molecule has 1 atom stereocenters. The van der Waals surface area contributed by atoms with Crippen LogP contribution in [-0.4, -0.2) is 128 Å². The number of halogens is 1. The summed E-state index contributed by atoms with van der Waals surface area (Å²) in [5, 5.41) is 8.66. The van der Waals surface area contributed by atoms with E-state index in [4.69, 9.17) is 15.6 Å². The summed E-state index contributed by atoms with van der Waals surface area (Å²) in [6.07, 6.45) is 5.69. The summed E-state index contributed by atoms with van der Waals surface area (Å²) in [4.78, 5) is 81.2. The van der Waals surface area contributed by atoms with Crippen molar-refractivity contribution in [1.29, 1.82) is 0 Å². The summed E-state index contributed by atoms with van der Waals surface area (Å²) >= 11 is 0. The number of benzene rings is 3. The number of ketones is 2. The molecule has 6 heterocycles. The van der Waals surface area contributed by atoms with Gasteiger partial charge in [-0.2, -0.15) is 5.10 Å². The second-order valence-corrected chi connectivity index (χ2v) is 17.5. The summed E-state index contributed by atoms with van der Waals surface area (Å²) < 4.78 is 21.1. The minimum absolute atomic E-state index is 0.127. The van der Waals surface area contributed by atoms with Crippen molar-refractivity contribution in [2.75, 3.05) is 57.0 Å². The normalized spacial score (nSPS) is 20.6. The number of nitrogens with one attached hydrogen (secondary N) is 1. The Hall–Kier alpha value is -6.59. The Bertz CT molecular complexity index is 2680. The summed E-state index contributed by atoms with van der Waals surface area (Å²) in [5.74, 6) is -1.71. The average Bonchev–Trinajstić information content (AvgIpc) is 3.80. The maximum Gasteiger partial charge on any atom is 0.262 e. The fourth-order valence-electron chi connectivity index (χ4n) is 10.2. The van der Waals surface area contributed by atoms with E-state index in [1.165, 1.54) is 25.6 Å². The Morgan fingerprint density at radius 3 is 2.25 bits per heavy atom. The van der Waals surface area contributed by atoms with Crippen molar-refractivity contribution < 1.29 is 33.1 Å². The Kier molecular flexibility index (Phi) is 10.9. The van der Waals surface area contributed by atoms with Gasteiger partial charge in [-0.15, -0.1) is 0 Å². The SMILES string of the molecule is COc1ccc(F)cc1C(=O)NCc1ccc(-c2nn(C3CCN(C4CCN(C5CN(c6ccc7c(c6)C(=O)N(C6CCC(=O)CC6=O)C7=O)C5)CC4)CC3)c3ncnc(N)c23)cc1. The number of methoxy groups -OCH3 is 1. The standard InChI is InChI=1S/C47H49FN10O6/c1-64-40-11-6-29(48)20-37(40)45(61)50-23-27-2-4-28(5-3-27)42-41-43(49)51-26-52-44(41)58(53-42)31-14-18-54(19-15-31)30-12-16-55(17-13-30)33-24-56(25-33)32-7-9-35-36(21-32)47(63)57(46(35)62)38-10-8-34(59)22-39(38)60/h2-7,9,11,20-21,26,30-31,33,38H,8,10,12-19,22-25H2,1H3,(H,50,61)(H2,49,51,52). The first-order valence-corrected chi connectivity index (χ1v) is 22.0. The lowest BCUT2D eigenvalue weighted by atomic mass is 9.92. The second-order valence-electron chi connectivity index (χ2n) is 17.5. The summed E-state index contributed by atoms with van der Waals surface area (Å²) in [7, 11) is 1.44. The highest BCUT2D eigenvalue weighted by Gasteiger charge is 2.45. The number of anilines is 2. The molecular formula is C47H49FN10O6. The fourth-order valence-corrected chi connectivity index (χ4v) is 10.2. The van der Waals surface area contributed by atoms with Gasteiger partial charge in [-0.25, -0.2) is 19.0 Å². The van der Waals surface area contributed by atoms with Gasteiger partial charge in [-0.05, 0) is 74.1 Å². The van der Waals surface area contributed by atoms with Crippen molar-refractivity contribution >= 4 is 51.8 Å². The number of rotatable bonds is 10. The smallest absolute Gasteiger partial charge is 0.262 e. The molecule has 64 heavy (non-hydrogen) atoms. The number of nitrogens with zero attached hydrogens (tertiary/aromatic N) is 8. The molecule has 3 saturated heterocycles. The highest BCUT2D eigenvalue weighted by molar-refractivity contribution is 6.24. The van der Waals surface area contributed by atoms with Crippen LogP contribution < -0.4 is 20.7 Å². The van der Waals surface area contributed by atoms with Gasteiger partial charge in [-0.1, -0.05) is 24.3 Å². The predicted octanol–water partition coefficient (Wildman–Crippen LogP) is 4.43. The molecule has 4 aliphatic heterocycles. The van der Waals surface area contributed by atoms with E-state index in [9.17, 15) is 28.4 Å². The van der Waals surface area contributed by atoms with E-state index in [-0.39, 0.29) is 49.0 Å². The molecule has 4 fully saturated rings. The number of hydrogen-bond acceptors (Lipinski definition) is 13.